The van der Waals surface area contributed by atoms with E-state index in [4.69, 9.17) is 4.74 Å². The van der Waals surface area contributed by atoms with Crippen molar-refractivity contribution in [3.05, 3.63) is 69.6 Å². The van der Waals surface area contributed by atoms with Gasteiger partial charge in [-0.3, -0.25) is 14.4 Å². The van der Waals surface area contributed by atoms with E-state index < -0.39 is 42.3 Å². The van der Waals surface area contributed by atoms with Gasteiger partial charge in [0.2, 0.25) is 0 Å². The lowest BCUT2D eigenvalue weighted by atomic mass is 9.88. The van der Waals surface area contributed by atoms with Crippen LogP contribution in [0.5, 0.6) is 0 Å². The summed E-state index contributed by atoms with van der Waals surface area (Å²) in [6.07, 6.45) is -1.49. The van der Waals surface area contributed by atoms with Gasteiger partial charge in [-0.25, -0.2) is 0 Å². The molecule has 1 atom stereocenters. The smallest absolute Gasteiger partial charge is 0.417 e. The van der Waals surface area contributed by atoms with Crippen molar-refractivity contribution in [2.75, 3.05) is 6.61 Å². The van der Waals surface area contributed by atoms with Gasteiger partial charge in [-0.05, 0) is 36.5 Å². The van der Waals surface area contributed by atoms with Crippen LogP contribution in [-0.4, -0.2) is 23.1 Å². The van der Waals surface area contributed by atoms with Gasteiger partial charge in [0.15, 0.2) is 6.61 Å². The fraction of sp³-hybridized carbons (Fsp3) is 0.350. The first-order valence-corrected chi connectivity index (χ1v) is 9.04. The highest BCUT2D eigenvalue weighted by molar-refractivity contribution is 5.80. The van der Waals surface area contributed by atoms with E-state index in [1.54, 1.807) is 0 Å². The van der Waals surface area contributed by atoms with Crippen LogP contribution in [0, 0.1) is 0 Å². The van der Waals surface area contributed by atoms with Crippen molar-refractivity contribution in [3.8, 4) is 0 Å². The van der Waals surface area contributed by atoms with E-state index in [2.05, 4.69) is 5.32 Å². The molecule has 29 heavy (non-hydrogen) atoms. The number of amides is 1. The third-order valence-corrected chi connectivity index (χ3v) is 4.68. The zero-order chi connectivity index (χ0) is 21.0. The molecule has 0 radical (unpaired) electrons. The van der Waals surface area contributed by atoms with E-state index in [-0.39, 0.29) is 6.04 Å². The lowest BCUT2D eigenvalue weighted by molar-refractivity contribution is -0.149. The maximum atomic E-state index is 12.7. The molecule has 1 aromatic heterocycles. The number of nitrogens with one attached hydrogen (secondary N) is 1. The average molecular weight is 408 g/mol. The molecular formula is C20H19F3N2O4. The second-order valence-electron chi connectivity index (χ2n) is 6.75. The molecule has 0 bridgehead atoms. The number of rotatable bonds is 5. The van der Waals surface area contributed by atoms with Crippen molar-refractivity contribution in [1.82, 2.24) is 9.88 Å². The Morgan fingerprint density at radius 1 is 1.17 bits per heavy atom. The SMILES string of the molecule is O=C(COC(=O)Cn1cc(C(F)(F)F)ccc1=O)N[C@H]1CCCc2ccccc21. The Hall–Kier alpha value is -3.10. The van der Waals surface area contributed by atoms with Crippen LogP contribution in [0.4, 0.5) is 13.2 Å². The number of fused-ring (bicyclic) bond motifs is 1. The number of carbonyl (C=O) groups excluding carboxylic acids is 2. The number of nitrogens with zero attached hydrogens (tertiary/aromatic N) is 1. The minimum absolute atomic E-state index is 0.183. The molecule has 154 valence electrons. The Balaban J connectivity index is 1.55. The largest absolute Gasteiger partial charge is 0.454 e. The first-order valence-electron chi connectivity index (χ1n) is 9.04. The molecule has 3 rings (SSSR count). The van der Waals surface area contributed by atoms with Gasteiger partial charge in [-0.1, -0.05) is 24.3 Å². The number of halogens is 3. The van der Waals surface area contributed by atoms with Crippen LogP contribution in [0.3, 0.4) is 0 Å². The quantitative estimate of drug-likeness (QED) is 0.772. The summed E-state index contributed by atoms with van der Waals surface area (Å²) < 4.78 is 43.6. The van der Waals surface area contributed by atoms with Crippen molar-refractivity contribution in [2.24, 2.45) is 0 Å². The molecule has 9 heteroatoms. The van der Waals surface area contributed by atoms with Crippen LogP contribution >= 0.6 is 0 Å². The fourth-order valence-electron chi connectivity index (χ4n) is 3.29. The van der Waals surface area contributed by atoms with E-state index in [0.717, 1.165) is 36.5 Å². The summed E-state index contributed by atoms with van der Waals surface area (Å²) in [5.41, 5.74) is 0.343. The molecule has 1 aliphatic carbocycles. The number of carbonyl (C=O) groups is 2. The van der Waals surface area contributed by atoms with Gasteiger partial charge in [0.25, 0.3) is 11.5 Å². The van der Waals surface area contributed by atoms with Gasteiger partial charge in [-0.15, -0.1) is 0 Å². The molecule has 1 amide bonds. The predicted octanol–water partition coefficient (Wildman–Crippen LogP) is 2.60. The first-order chi connectivity index (χ1) is 13.7. The molecule has 0 unspecified atom stereocenters. The number of benzene rings is 1. The highest BCUT2D eigenvalue weighted by Gasteiger charge is 2.31. The Labute approximate surface area is 164 Å². The standard InChI is InChI=1S/C20H19F3N2O4/c21-20(22,23)14-8-9-18(27)25(10-14)11-19(28)29-12-17(26)24-16-7-3-5-13-4-1-2-6-15(13)16/h1-2,4,6,8-10,16H,3,5,7,11-12H2,(H,24,26)/t16-/m0/s1. The number of aryl methyl sites for hydroxylation is 1. The highest BCUT2D eigenvalue weighted by Crippen LogP contribution is 2.29. The van der Waals surface area contributed by atoms with Crippen LogP contribution in [0.25, 0.3) is 0 Å². The Kier molecular flexibility index (Phi) is 6.05. The molecule has 6 nitrogen and oxygen atoms in total. The van der Waals surface area contributed by atoms with Crippen molar-refractivity contribution in [1.29, 1.82) is 0 Å². The fourth-order valence-corrected chi connectivity index (χ4v) is 3.29. The molecule has 0 aliphatic heterocycles. The first kappa shape index (κ1) is 20.6. The highest BCUT2D eigenvalue weighted by atomic mass is 19.4. The summed E-state index contributed by atoms with van der Waals surface area (Å²) in [6.45, 7) is -1.30. The van der Waals surface area contributed by atoms with Crippen molar-refractivity contribution in [2.45, 2.75) is 38.0 Å². The summed E-state index contributed by atoms with van der Waals surface area (Å²) in [5, 5.41) is 2.80. The van der Waals surface area contributed by atoms with Crippen LogP contribution in [-0.2, 0) is 33.5 Å². The van der Waals surface area contributed by atoms with Gasteiger partial charge < -0.3 is 14.6 Å². The Bertz CT molecular complexity index is 969. The number of hydrogen-bond donors (Lipinski definition) is 1. The van der Waals surface area contributed by atoms with Gasteiger partial charge in [0.1, 0.15) is 6.54 Å². The maximum Gasteiger partial charge on any atom is 0.417 e. The third kappa shape index (κ3) is 5.24. The normalized spacial score (nSPS) is 16.0. The number of pyridine rings is 1. The zero-order valence-corrected chi connectivity index (χ0v) is 15.4. The summed E-state index contributed by atoms with van der Waals surface area (Å²) in [4.78, 5) is 35.7. The monoisotopic (exact) mass is 408 g/mol. The molecule has 0 saturated carbocycles. The van der Waals surface area contributed by atoms with Crippen LogP contribution in [0.2, 0.25) is 0 Å². The molecule has 2 aromatic rings. The molecule has 0 fully saturated rings. The van der Waals surface area contributed by atoms with Crippen LogP contribution in [0.15, 0.2) is 47.4 Å². The second-order valence-corrected chi connectivity index (χ2v) is 6.75. The number of hydrogen-bond acceptors (Lipinski definition) is 4. The molecule has 1 N–H and O–H groups in total. The molecule has 0 spiro atoms. The summed E-state index contributed by atoms with van der Waals surface area (Å²) in [5.74, 6) is -1.50. The molecular weight excluding hydrogens is 389 g/mol. The van der Waals surface area contributed by atoms with Crippen molar-refractivity contribution in [3.63, 3.8) is 0 Å². The number of alkyl halides is 3. The van der Waals surface area contributed by atoms with Gasteiger partial charge in [-0.2, -0.15) is 13.2 Å². The van der Waals surface area contributed by atoms with Gasteiger partial charge in [0, 0.05) is 12.3 Å². The average Bonchev–Trinajstić information content (AvgIpc) is 2.67. The summed E-state index contributed by atoms with van der Waals surface area (Å²) in [6, 6.07) is 8.93. The van der Waals surface area contributed by atoms with Gasteiger partial charge >= 0.3 is 12.1 Å². The van der Waals surface area contributed by atoms with E-state index in [9.17, 15) is 27.6 Å². The minimum Gasteiger partial charge on any atom is -0.454 e. The Morgan fingerprint density at radius 2 is 1.93 bits per heavy atom. The lowest BCUT2D eigenvalue weighted by Crippen LogP contribution is -2.35. The minimum atomic E-state index is -4.64. The van der Waals surface area contributed by atoms with Crippen LogP contribution in [0.1, 0.15) is 35.6 Å². The topological polar surface area (TPSA) is 77.4 Å². The number of ether oxygens (including phenoxy) is 1. The second kappa shape index (κ2) is 8.50. The molecule has 1 aromatic carbocycles. The molecule has 1 heterocycles. The van der Waals surface area contributed by atoms with E-state index in [0.29, 0.717) is 16.8 Å². The zero-order valence-electron chi connectivity index (χ0n) is 15.4. The van der Waals surface area contributed by atoms with E-state index >= 15 is 0 Å². The van der Waals surface area contributed by atoms with Crippen molar-refractivity contribution < 1.29 is 27.5 Å². The predicted molar refractivity (Wildman–Crippen MR) is 96.9 cm³/mol. The van der Waals surface area contributed by atoms with E-state index in [1.165, 1.54) is 0 Å². The van der Waals surface area contributed by atoms with Gasteiger partial charge in [0.05, 0.1) is 11.6 Å². The van der Waals surface area contributed by atoms with E-state index in [1.807, 2.05) is 24.3 Å². The van der Waals surface area contributed by atoms with Crippen LogP contribution < -0.4 is 10.9 Å². The molecule has 1 aliphatic rings. The summed E-state index contributed by atoms with van der Waals surface area (Å²) in [7, 11) is 0. The third-order valence-electron chi connectivity index (χ3n) is 4.68. The molecule has 0 saturated heterocycles. The Morgan fingerprint density at radius 3 is 2.69 bits per heavy atom. The number of esters is 1. The maximum absolute atomic E-state index is 12.7. The van der Waals surface area contributed by atoms with Crippen molar-refractivity contribution >= 4 is 11.9 Å². The lowest BCUT2D eigenvalue weighted by Gasteiger charge is -2.26. The number of aromatic nitrogens is 1. The summed E-state index contributed by atoms with van der Waals surface area (Å²) >= 11 is 0.